The van der Waals surface area contributed by atoms with Gasteiger partial charge in [-0.15, -0.1) is 0 Å². The van der Waals surface area contributed by atoms with E-state index in [4.69, 9.17) is 11.5 Å². The van der Waals surface area contributed by atoms with Crippen molar-refractivity contribution >= 4 is 54.3 Å². The number of aromatic nitrogens is 1. The lowest BCUT2D eigenvalue weighted by Gasteiger charge is -2.59. The number of para-hydroxylation sites is 1. The van der Waals surface area contributed by atoms with Crippen molar-refractivity contribution in [2.45, 2.75) is 156 Å². The number of carbonyl (C=O) groups excluding carboxylic acids is 4. The average molecular weight is 954 g/mol. The van der Waals surface area contributed by atoms with Gasteiger partial charge in [-0.25, -0.2) is 16.8 Å². The summed E-state index contributed by atoms with van der Waals surface area (Å²) in [6.07, 6.45) is 17.2. The Morgan fingerprint density at radius 1 is 0.582 bits per heavy atom. The van der Waals surface area contributed by atoms with Crippen LogP contribution in [0, 0.1) is 65.1 Å². The van der Waals surface area contributed by atoms with E-state index in [0.29, 0.717) is 85.1 Å². The predicted molar refractivity (Wildman–Crippen MR) is 253 cm³/mol. The van der Waals surface area contributed by atoms with Gasteiger partial charge < -0.3 is 11.5 Å². The lowest BCUT2D eigenvalue weighted by atomic mass is 9.45. The number of carbonyl (C=O) groups is 4. The van der Waals surface area contributed by atoms with Crippen molar-refractivity contribution in [3.8, 4) is 0 Å². The average Bonchev–Trinajstić information content (AvgIpc) is 3.96. The number of ketones is 2. The van der Waals surface area contributed by atoms with Crippen LogP contribution in [0.15, 0.2) is 70.6 Å². The Balaban J connectivity index is 0.000000157. The summed E-state index contributed by atoms with van der Waals surface area (Å²) in [6.45, 7) is 1.78. The van der Waals surface area contributed by atoms with E-state index >= 15 is 0 Å². The van der Waals surface area contributed by atoms with Gasteiger partial charge in [0, 0.05) is 35.3 Å². The number of amides is 2. The van der Waals surface area contributed by atoms with E-state index in [1.54, 1.807) is 49.5 Å². The van der Waals surface area contributed by atoms with Crippen LogP contribution in [0.1, 0.15) is 134 Å². The van der Waals surface area contributed by atoms with E-state index in [2.05, 4.69) is 14.4 Å². The normalized spacial score (nSPS) is 34.2. The zero-order valence-electron chi connectivity index (χ0n) is 38.7. The van der Waals surface area contributed by atoms with E-state index < -0.39 is 31.1 Å². The standard InChI is InChI=1S/C27H33N3O4S.C25H34N2O4S/c28-25(32)26-14-17-11-19(15-26)21(20(12-17)16-26)13-23(31)27(8-1-2-9-27)30-35(33,34)22-7-3-5-18-6-4-10-29-24(18)22;1-16-6-2-3-7-21(16)32(30,31)27-25(8-4-5-9-25)22(28)12-20-18-10-17-11-19(20)15-24(13-17,14-18)23(26)29/h3-7,10,17,19-21,30H,1-2,8-9,11-16H2,(H2,28,32);2-3,6-7,17-20,27H,4-5,8-15H2,1H3,(H2,26,29). The summed E-state index contributed by atoms with van der Waals surface area (Å²) < 4.78 is 59.5. The molecule has 15 heteroatoms. The highest BCUT2D eigenvalue weighted by Crippen LogP contribution is 2.64. The molecule has 4 unspecified atom stereocenters. The minimum absolute atomic E-state index is 0.0115. The van der Waals surface area contributed by atoms with Crippen LogP contribution in [0.5, 0.6) is 0 Å². The molecule has 10 saturated carbocycles. The van der Waals surface area contributed by atoms with Gasteiger partial charge in [-0.2, -0.15) is 9.44 Å². The molecule has 10 aliphatic carbocycles. The van der Waals surface area contributed by atoms with E-state index in [0.717, 1.165) is 95.3 Å². The maximum absolute atomic E-state index is 13.9. The summed E-state index contributed by atoms with van der Waals surface area (Å²) in [5.41, 5.74) is 9.93. The van der Waals surface area contributed by atoms with E-state index in [1.807, 2.05) is 18.2 Å². The minimum atomic E-state index is -3.95. The van der Waals surface area contributed by atoms with Crippen LogP contribution in [0.3, 0.4) is 0 Å². The summed E-state index contributed by atoms with van der Waals surface area (Å²) >= 11 is 0. The number of rotatable bonds is 14. The van der Waals surface area contributed by atoms with Gasteiger partial charge in [0.25, 0.3) is 0 Å². The van der Waals surface area contributed by atoms with Gasteiger partial charge in [0.05, 0.1) is 21.5 Å². The summed E-state index contributed by atoms with van der Waals surface area (Å²) in [7, 11) is -7.74. The molecule has 0 radical (unpaired) electrons. The highest BCUT2D eigenvalue weighted by molar-refractivity contribution is 7.90. The Kier molecular flexibility index (Phi) is 11.9. The molecule has 2 aromatic carbocycles. The molecular weight excluding hydrogens is 887 g/mol. The molecule has 2 amide bonds. The topological polar surface area (TPSA) is 226 Å². The molecule has 67 heavy (non-hydrogen) atoms. The third-order valence-corrected chi connectivity index (χ3v) is 22.0. The summed E-state index contributed by atoms with van der Waals surface area (Å²) in [6, 6.07) is 15.6. The van der Waals surface area contributed by atoms with Crippen LogP contribution in [-0.4, -0.2) is 56.3 Å². The Morgan fingerprint density at radius 3 is 1.45 bits per heavy atom. The van der Waals surface area contributed by atoms with Crippen molar-refractivity contribution in [3.63, 3.8) is 0 Å². The highest BCUT2D eigenvalue weighted by Gasteiger charge is 2.60. The number of sulfonamides is 2. The van der Waals surface area contributed by atoms with Crippen molar-refractivity contribution in [2.75, 3.05) is 0 Å². The first-order valence-corrected chi connectivity index (χ1v) is 28.0. The van der Waals surface area contributed by atoms with Gasteiger partial charge >= 0.3 is 0 Å². The summed E-state index contributed by atoms with van der Waals surface area (Å²) in [5, 5.41) is 0.749. The molecule has 4 atom stereocenters. The summed E-state index contributed by atoms with van der Waals surface area (Å²) in [5.74, 6) is 2.61. The number of nitrogens with two attached hydrogens (primary N) is 2. The second-order valence-electron chi connectivity index (χ2n) is 22.7. The van der Waals surface area contributed by atoms with Crippen LogP contribution >= 0.6 is 0 Å². The lowest BCUT2D eigenvalue weighted by Crippen LogP contribution is -2.58. The van der Waals surface area contributed by atoms with E-state index in [1.165, 1.54) is 0 Å². The Morgan fingerprint density at radius 2 is 1.00 bits per heavy atom. The molecular formula is C52H67N5O8S2. The predicted octanol–water partition coefficient (Wildman–Crippen LogP) is 7.19. The molecule has 13 rings (SSSR count). The quantitative estimate of drug-likeness (QED) is 0.128. The van der Waals surface area contributed by atoms with Crippen molar-refractivity contribution < 1.29 is 36.0 Å². The molecule has 13 nitrogen and oxygen atoms in total. The first kappa shape index (κ1) is 46.7. The molecule has 0 aliphatic heterocycles. The molecule has 0 saturated heterocycles. The molecule has 0 spiro atoms. The number of primary amides is 2. The van der Waals surface area contributed by atoms with Crippen LogP contribution in [0.25, 0.3) is 10.9 Å². The zero-order valence-corrected chi connectivity index (χ0v) is 40.4. The number of Topliss-reactive ketones (excluding diaryl/α,β-unsaturated/α-hetero) is 2. The molecule has 1 aromatic heterocycles. The highest BCUT2D eigenvalue weighted by atomic mass is 32.2. The number of fused-ring (bicyclic) bond motifs is 1. The molecule has 1 heterocycles. The van der Waals surface area contributed by atoms with Crippen LogP contribution in [0.4, 0.5) is 0 Å². The van der Waals surface area contributed by atoms with Gasteiger partial charge in [-0.3, -0.25) is 24.2 Å². The van der Waals surface area contributed by atoms with Gasteiger partial charge in [0.2, 0.25) is 31.9 Å². The fourth-order valence-electron chi connectivity index (χ4n) is 16.0. The van der Waals surface area contributed by atoms with Crippen LogP contribution in [-0.2, 0) is 39.2 Å². The maximum atomic E-state index is 13.9. The maximum Gasteiger partial charge on any atom is 0.243 e. The SMILES string of the molecule is Cc1ccccc1S(=O)(=O)NC1(C(=O)CC2C3CC4CC2CC(C(N)=O)(C4)C3)CCCC1.NC(=O)C12CC3CC(C1)C(CC(=O)C1(NS(=O)(=O)c4cccc5cccnc45)CCCC1)C(C3)C2. The number of nitrogens with one attached hydrogen (secondary N) is 2. The number of hydrogen-bond acceptors (Lipinski definition) is 9. The molecule has 10 fully saturated rings. The Labute approximate surface area is 395 Å². The fraction of sp³-hybridized carbons (Fsp3) is 0.635. The smallest absolute Gasteiger partial charge is 0.243 e. The second kappa shape index (κ2) is 17.1. The molecule has 6 N–H and O–H groups in total. The first-order valence-electron chi connectivity index (χ1n) is 25.0. The molecule has 8 bridgehead atoms. The second-order valence-corrected chi connectivity index (χ2v) is 26.0. The zero-order chi connectivity index (χ0) is 47.1. The Hall–Kier alpha value is -4.05. The van der Waals surface area contributed by atoms with Gasteiger partial charge in [0.1, 0.15) is 4.90 Å². The number of pyridine rings is 1. The van der Waals surface area contributed by atoms with Crippen molar-refractivity contribution in [1.29, 1.82) is 0 Å². The summed E-state index contributed by atoms with van der Waals surface area (Å²) in [4.78, 5) is 56.9. The van der Waals surface area contributed by atoms with Gasteiger partial charge in [0.15, 0.2) is 11.6 Å². The first-order chi connectivity index (χ1) is 31.9. The monoisotopic (exact) mass is 953 g/mol. The number of hydrogen-bond donors (Lipinski definition) is 4. The van der Waals surface area contributed by atoms with Crippen molar-refractivity contribution in [1.82, 2.24) is 14.4 Å². The van der Waals surface area contributed by atoms with E-state index in [-0.39, 0.29) is 55.8 Å². The Bertz CT molecular complexity index is 2670. The van der Waals surface area contributed by atoms with Crippen molar-refractivity contribution in [3.05, 3.63) is 66.4 Å². The van der Waals surface area contributed by atoms with Crippen LogP contribution in [0.2, 0.25) is 0 Å². The van der Waals surface area contributed by atoms with Gasteiger partial charge in [-0.05, 0) is 168 Å². The number of benzene rings is 2. The molecule has 3 aromatic rings. The molecule has 10 aliphatic rings. The van der Waals surface area contributed by atoms with Crippen LogP contribution < -0.4 is 20.9 Å². The molecule has 360 valence electrons. The third kappa shape index (κ3) is 8.28. The fourth-order valence-corrected chi connectivity index (χ4v) is 19.3. The van der Waals surface area contributed by atoms with Gasteiger partial charge in [-0.1, -0.05) is 62.1 Å². The van der Waals surface area contributed by atoms with Crippen molar-refractivity contribution in [2.24, 2.45) is 69.6 Å². The van der Waals surface area contributed by atoms with E-state index in [9.17, 15) is 36.0 Å². The minimum Gasteiger partial charge on any atom is -0.369 e. The lowest BCUT2D eigenvalue weighted by molar-refractivity contribution is -0.153. The number of nitrogens with zero attached hydrogens (tertiary/aromatic N) is 1. The largest absolute Gasteiger partial charge is 0.369 e. The third-order valence-electron chi connectivity index (χ3n) is 18.7. The number of aryl methyl sites for hydroxylation is 1.